The van der Waals surface area contributed by atoms with Gasteiger partial charge in [-0.3, -0.25) is 4.98 Å². The quantitative estimate of drug-likeness (QED) is 0.915. The summed E-state index contributed by atoms with van der Waals surface area (Å²) in [6, 6.07) is 7.11. The zero-order valence-corrected chi connectivity index (χ0v) is 13.5. The number of benzene rings is 1. The summed E-state index contributed by atoms with van der Waals surface area (Å²) in [5, 5.41) is 11.3. The van der Waals surface area contributed by atoms with Crippen LogP contribution in [0, 0.1) is 6.92 Å². The van der Waals surface area contributed by atoms with Crippen molar-refractivity contribution >= 4 is 11.6 Å². The van der Waals surface area contributed by atoms with Gasteiger partial charge in [-0.25, -0.2) is 0 Å². The molecular formula is C17H18ClNO3. The zero-order chi connectivity index (χ0) is 15.9. The highest BCUT2D eigenvalue weighted by atomic mass is 35.5. The SMILES string of the molecule is Cc1ncc(C(O)c2ccc(Cl)cc2)c2c1OC(C)(C)OC2. The summed E-state index contributed by atoms with van der Waals surface area (Å²) in [6.07, 6.45) is 0.880. The Hall–Kier alpha value is -1.62. The molecule has 2 heterocycles. The Labute approximate surface area is 134 Å². The number of pyridine rings is 1. The Balaban J connectivity index is 2.03. The van der Waals surface area contributed by atoms with E-state index in [-0.39, 0.29) is 0 Å². The maximum Gasteiger partial charge on any atom is 0.205 e. The number of hydrogen-bond donors (Lipinski definition) is 1. The summed E-state index contributed by atoms with van der Waals surface area (Å²) < 4.78 is 11.6. The second kappa shape index (κ2) is 5.54. The largest absolute Gasteiger partial charge is 0.461 e. The molecule has 1 aliphatic heterocycles. The Morgan fingerprint density at radius 2 is 1.95 bits per heavy atom. The minimum atomic E-state index is -0.799. The lowest BCUT2D eigenvalue weighted by atomic mass is 9.97. The smallest absolute Gasteiger partial charge is 0.205 e. The number of hydrogen-bond acceptors (Lipinski definition) is 4. The highest BCUT2D eigenvalue weighted by molar-refractivity contribution is 6.30. The van der Waals surface area contributed by atoms with E-state index in [1.54, 1.807) is 30.5 Å². The van der Waals surface area contributed by atoms with Crippen molar-refractivity contribution in [3.63, 3.8) is 0 Å². The molecule has 1 unspecified atom stereocenters. The molecule has 0 radical (unpaired) electrons. The number of aliphatic hydroxyl groups excluding tert-OH is 1. The molecule has 0 aliphatic carbocycles. The molecule has 116 valence electrons. The van der Waals surface area contributed by atoms with Gasteiger partial charge in [0.2, 0.25) is 5.79 Å². The van der Waals surface area contributed by atoms with Gasteiger partial charge in [0.05, 0.1) is 12.3 Å². The lowest BCUT2D eigenvalue weighted by Crippen LogP contribution is -2.36. The highest BCUT2D eigenvalue weighted by Gasteiger charge is 2.32. The topological polar surface area (TPSA) is 51.6 Å². The number of halogens is 1. The third-order valence-corrected chi connectivity index (χ3v) is 3.99. The fourth-order valence-electron chi connectivity index (χ4n) is 2.52. The Morgan fingerprint density at radius 3 is 2.64 bits per heavy atom. The van der Waals surface area contributed by atoms with Crippen LogP contribution in [0.15, 0.2) is 30.5 Å². The van der Waals surface area contributed by atoms with Gasteiger partial charge in [0.25, 0.3) is 0 Å². The fraction of sp³-hybridized carbons (Fsp3) is 0.353. The number of fused-ring (bicyclic) bond motifs is 1. The Bertz CT molecular complexity index is 698. The normalized spacial score (nSPS) is 17.5. The number of aromatic nitrogens is 1. The standard InChI is InChI=1S/C17H18ClNO3/c1-10-16-14(9-21-17(2,3)22-16)13(8-19-10)15(20)11-4-6-12(18)7-5-11/h4-8,15,20H,9H2,1-3H3. The van der Waals surface area contributed by atoms with Gasteiger partial charge in [0.1, 0.15) is 11.9 Å². The summed E-state index contributed by atoms with van der Waals surface area (Å²) in [5.74, 6) is 0.00489. The third kappa shape index (κ3) is 2.82. The van der Waals surface area contributed by atoms with Crippen molar-refractivity contribution in [2.75, 3.05) is 0 Å². The van der Waals surface area contributed by atoms with Crippen molar-refractivity contribution in [3.05, 3.63) is 57.9 Å². The molecule has 1 aromatic carbocycles. The van der Waals surface area contributed by atoms with Crippen LogP contribution in [0.1, 0.15) is 42.3 Å². The van der Waals surface area contributed by atoms with Gasteiger partial charge in [-0.15, -0.1) is 0 Å². The minimum Gasteiger partial charge on any atom is -0.461 e. The lowest BCUT2D eigenvalue weighted by molar-refractivity contribution is -0.181. The number of aryl methyl sites for hydroxylation is 1. The third-order valence-electron chi connectivity index (χ3n) is 3.74. The molecule has 0 saturated carbocycles. The van der Waals surface area contributed by atoms with Crippen molar-refractivity contribution in [3.8, 4) is 5.75 Å². The molecule has 1 N–H and O–H groups in total. The molecule has 4 nitrogen and oxygen atoms in total. The van der Waals surface area contributed by atoms with E-state index in [0.29, 0.717) is 22.9 Å². The van der Waals surface area contributed by atoms with Crippen molar-refractivity contribution in [1.29, 1.82) is 0 Å². The van der Waals surface area contributed by atoms with E-state index in [1.165, 1.54) is 0 Å². The van der Waals surface area contributed by atoms with E-state index in [1.807, 2.05) is 20.8 Å². The minimum absolute atomic E-state index is 0.381. The molecule has 3 rings (SSSR count). The van der Waals surface area contributed by atoms with Crippen LogP contribution in [-0.4, -0.2) is 15.9 Å². The van der Waals surface area contributed by atoms with E-state index in [0.717, 1.165) is 16.8 Å². The molecule has 0 amide bonds. The van der Waals surface area contributed by atoms with Crippen LogP contribution in [0.5, 0.6) is 5.75 Å². The van der Waals surface area contributed by atoms with Gasteiger partial charge in [0, 0.05) is 36.2 Å². The van der Waals surface area contributed by atoms with Gasteiger partial charge in [0.15, 0.2) is 0 Å². The molecule has 2 aromatic rings. The number of nitrogens with zero attached hydrogens (tertiary/aromatic N) is 1. The molecule has 0 saturated heterocycles. The number of rotatable bonds is 2. The predicted octanol–water partition coefficient (Wildman–Crippen LogP) is 3.77. The first-order valence-electron chi connectivity index (χ1n) is 7.12. The summed E-state index contributed by atoms with van der Waals surface area (Å²) in [4.78, 5) is 4.36. The Kier molecular flexibility index (Phi) is 3.85. The first-order chi connectivity index (χ1) is 10.4. The molecule has 1 aliphatic rings. The van der Waals surface area contributed by atoms with Crippen LogP contribution in [0.25, 0.3) is 0 Å². The van der Waals surface area contributed by atoms with Crippen LogP contribution in [0.3, 0.4) is 0 Å². The summed E-state index contributed by atoms with van der Waals surface area (Å²) in [5.41, 5.74) is 3.08. The molecule has 22 heavy (non-hydrogen) atoms. The van der Waals surface area contributed by atoms with E-state index in [4.69, 9.17) is 21.1 Å². The van der Waals surface area contributed by atoms with Gasteiger partial charge >= 0.3 is 0 Å². The molecule has 0 spiro atoms. The van der Waals surface area contributed by atoms with Gasteiger partial charge in [-0.1, -0.05) is 23.7 Å². The maximum absolute atomic E-state index is 10.7. The number of aliphatic hydroxyl groups is 1. The second-order valence-corrected chi connectivity index (χ2v) is 6.29. The van der Waals surface area contributed by atoms with Crippen LogP contribution in [0.2, 0.25) is 5.02 Å². The van der Waals surface area contributed by atoms with Crippen molar-refractivity contribution in [2.45, 2.75) is 39.3 Å². The molecule has 1 atom stereocenters. The fourth-order valence-corrected chi connectivity index (χ4v) is 2.64. The predicted molar refractivity (Wildman–Crippen MR) is 84.0 cm³/mol. The van der Waals surface area contributed by atoms with Crippen LogP contribution >= 0.6 is 11.6 Å². The Morgan fingerprint density at radius 1 is 1.27 bits per heavy atom. The van der Waals surface area contributed by atoms with E-state index < -0.39 is 11.9 Å². The lowest BCUT2D eigenvalue weighted by Gasteiger charge is -2.34. The first kappa shape index (κ1) is 15.3. The van der Waals surface area contributed by atoms with E-state index in [9.17, 15) is 5.11 Å². The summed E-state index contributed by atoms with van der Waals surface area (Å²) >= 11 is 5.90. The monoisotopic (exact) mass is 319 g/mol. The first-order valence-corrected chi connectivity index (χ1v) is 7.50. The van der Waals surface area contributed by atoms with Gasteiger partial charge in [-0.05, 0) is 24.6 Å². The summed E-state index contributed by atoms with van der Waals surface area (Å²) in [6.45, 7) is 5.99. The molecule has 0 bridgehead atoms. The molecular weight excluding hydrogens is 302 g/mol. The molecule has 5 heteroatoms. The highest BCUT2D eigenvalue weighted by Crippen LogP contribution is 2.38. The van der Waals surface area contributed by atoms with E-state index >= 15 is 0 Å². The van der Waals surface area contributed by atoms with E-state index in [2.05, 4.69) is 4.98 Å². The molecule has 1 aromatic heterocycles. The van der Waals surface area contributed by atoms with Gasteiger partial charge in [-0.2, -0.15) is 0 Å². The maximum atomic E-state index is 10.7. The second-order valence-electron chi connectivity index (χ2n) is 5.85. The average molecular weight is 320 g/mol. The molecule has 0 fully saturated rings. The van der Waals surface area contributed by atoms with Crippen LogP contribution in [0.4, 0.5) is 0 Å². The van der Waals surface area contributed by atoms with Crippen molar-refractivity contribution in [1.82, 2.24) is 4.98 Å². The van der Waals surface area contributed by atoms with Crippen molar-refractivity contribution < 1.29 is 14.6 Å². The summed E-state index contributed by atoms with van der Waals surface area (Å²) in [7, 11) is 0. The van der Waals surface area contributed by atoms with Crippen molar-refractivity contribution in [2.24, 2.45) is 0 Å². The zero-order valence-electron chi connectivity index (χ0n) is 12.8. The average Bonchev–Trinajstić information content (AvgIpc) is 2.48. The number of ether oxygens (including phenoxy) is 2. The van der Waals surface area contributed by atoms with Crippen LogP contribution < -0.4 is 4.74 Å². The van der Waals surface area contributed by atoms with Crippen LogP contribution in [-0.2, 0) is 11.3 Å². The van der Waals surface area contributed by atoms with Gasteiger partial charge < -0.3 is 14.6 Å².